The molecule has 3 atom stereocenters. The highest BCUT2D eigenvalue weighted by Crippen LogP contribution is 2.34. The second kappa shape index (κ2) is 1.96. The fraction of sp³-hybridized carbons (Fsp3) is 1.00. The van der Waals surface area contributed by atoms with Crippen molar-refractivity contribution in [2.75, 3.05) is 13.2 Å². The molecule has 0 aromatic heterocycles. The Balaban J connectivity index is 2.41. The minimum atomic E-state index is -1.59. The molecule has 0 aromatic rings. The Hall–Kier alpha value is -0.0800. The van der Waals surface area contributed by atoms with Crippen molar-refractivity contribution in [1.29, 1.82) is 0 Å². The lowest BCUT2D eigenvalue weighted by Crippen LogP contribution is -2.12. The summed E-state index contributed by atoms with van der Waals surface area (Å²) in [5, 5.41) is 0. The molecule has 0 unspecified atom stereocenters. The highest BCUT2D eigenvalue weighted by molar-refractivity contribution is 4.79. The fourth-order valence-electron chi connectivity index (χ4n) is 1.21. The topological polar surface area (TPSA) is 18.5 Å². The first kappa shape index (κ1) is 3.35. The van der Waals surface area contributed by atoms with Gasteiger partial charge in [0.1, 0.15) is 0 Å². The molecule has 2 aliphatic rings. The molecule has 0 radical (unpaired) electrons. The molecule has 0 saturated carbocycles. The van der Waals surface area contributed by atoms with Crippen LogP contribution in [-0.2, 0) is 9.47 Å². The summed E-state index contributed by atoms with van der Waals surface area (Å²) in [6, 6.07) is 0. The summed E-state index contributed by atoms with van der Waals surface area (Å²) in [6.07, 6.45) is -1.18. The van der Waals surface area contributed by atoms with E-state index in [0.29, 0.717) is 13.0 Å². The molecule has 2 fully saturated rings. The highest BCUT2D eigenvalue weighted by atomic mass is 16.7. The summed E-state index contributed by atoms with van der Waals surface area (Å²) in [7, 11) is 0. The third kappa shape index (κ3) is 0.775. The molecule has 0 bridgehead atoms. The first-order valence-electron chi connectivity index (χ1n) is 4.69. The third-order valence-corrected chi connectivity index (χ3v) is 1.77. The molecule has 0 aliphatic carbocycles. The molecule has 0 N–H and O–H groups in total. The van der Waals surface area contributed by atoms with Crippen LogP contribution in [0.1, 0.15) is 17.5 Å². The van der Waals surface area contributed by atoms with Crippen molar-refractivity contribution in [3.8, 4) is 0 Å². The monoisotopic (exact) mass is 131 g/mol. The van der Waals surface area contributed by atoms with Crippen LogP contribution in [-0.4, -0.2) is 19.5 Å². The lowest BCUT2D eigenvalue weighted by Gasteiger charge is -2.07. The van der Waals surface area contributed by atoms with Gasteiger partial charge >= 0.3 is 0 Å². The highest BCUT2D eigenvalue weighted by Gasteiger charge is 2.38. The van der Waals surface area contributed by atoms with Crippen molar-refractivity contribution in [3.63, 3.8) is 0 Å². The summed E-state index contributed by atoms with van der Waals surface area (Å²) in [4.78, 5) is 0. The fourth-order valence-corrected chi connectivity index (χ4v) is 1.21. The van der Waals surface area contributed by atoms with E-state index in [2.05, 4.69) is 0 Å². The Morgan fingerprint density at radius 1 is 1.56 bits per heavy atom. The van der Waals surface area contributed by atoms with E-state index in [1.165, 1.54) is 0 Å². The summed E-state index contributed by atoms with van der Waals surface area (Å²) in [5.41, 5.74) is 0. The van der Waals surface area contributed by atoms with Crippen LogP contribution in [0.15, 0.2) is 0 Å². The van der Waals surface area contributed by atoms with E-state index in [0.717, 1.165) is 0 Å². The van der Waals surface area contributed by atoms with E-state index in [-0.39, 0.29) is 6.61 Å². The molecule has 0 aromatic carbocycles. The molecule has 0 amide bonds. The van der Waals surface area contributed by atoms with E-state index in [9.17, 15) is 0 Å². The van der Waals surface area contributed by atoms with Gasteiger partial charge in [0.15, 0.2) is 6.27 Å². The second-order valence-electron chi connectivity index (χ2n) is 2.43. The molecular formula is C7H12O2. The number of fused-ring (bicyclic) bond motifs is 1. The number of hydrogen-bond donors (Lipinski definition) is 0. The molecule has 2 aliphatic heterocycles. The van der Waals surface area contributed by atoms with Gasteiger partial charge in [-0.15, -0.1) is 0 Å². The number of rotatable bonds is 0. The summed E-state index contributed by atoms with van der Waals surface area (Å²) >= 11 is 0. The molecule has 2 heteroatoms. The van der Waals surface area contributed by atoms with Crippen molar-refractivity contribution in [1.82, 2.24) is 0 Å². The molecular weight excluding hydrogens is 116 g/mol. The van der Waals surface area contributed by atoms with Crippen LogP contribution in [0.25, 0.3) is 0 Å². The lowest BCUT2D eigenvalue weighted by atomic mass is 9.96. The minimum Gasteiger partial charge on any atom is -0.352 e. The third-order valence-electron chi connectivity index (χ3n) is 1.77. The zero-order valence-corrected chi connectivity index (χ0v) is 5.44. The van der Waals surface area contributed by atoms with Gasteiger partial charge in [0.05, 0.1) is 14.6 Å². The standard InChI is InChI=1S/C7H12O2/c1-5-4-9-7-6(5)2-3-8-7/h5-7H,2-4H2,1H3/t5-,6-,7+/m0/s1/i5D,6D,7D. The maximum Gasteiger partial charge on any atom is 0.160 e. The van der Waals surface area contributed by atoms with Gasteiger partial charge in [0.2, 0.25) is 0 Å². The summed E-state index contributed by atoms with van der Waals surface area (Å²) < 4.78 is 33.6. The average Bonchev–Trinajstić information content (AvgIpc) is 2.34. The maximum absolute atomic E-state index is 7.97. The Labute approximate surface area is 59.4 Å². The molecule has 2 heterocycles. The van der Waals surface area contributed by atoms with Crippen LogP contribution in [0.5, 0.6) is 0 Å². The molecule has 0 spiro atoms. The van der Waals surface area contributed by atoms with E-state index in [4.69, 9.17) is 13.6 Å². The van der Waals surface area contributed by atoms with Gasteiger partial charge < -0.3 is 9.47 Å². The zero-order valence-electron chi connectivity index (χ0n) is 8.44. The zero-order chi connectivity index (χ0) is 9.04. The van der Waals surface area contributed by atoms with Crippen LogP contribution >= 0.6 is 0 Å². The van der Waals surface area contributed by atoms with Crippen molar-refractivity contribution < 1.29 is 13.6 Å². The minimum absolute atomic E-state index is 0.111. The predicted octanol–water partition coefficient (Wildman–Crippen LogP) is 1.02. The second-order valence-corrected chi connectivity index (χ2v) is 2.43. The quantitative estimate of drug-likeness (QED) is 0.488. The Morgan fingerprint density at radius 3 is 3.22 bits per heavy atom. The largest absolute Gasteiger partial charge is 0.352 e. The van der Waals surface area contributed by atoms with Gasteiger partial charge in [-0.25, -0.2) is 0 Å². The van der Waals surface area contributed by atoms with Gasteiger partial charge in [-0.05, 0) is 12.3 Å². The lowest BCUT2D eigenvalue weighted by molar-refractivity contribution is -0.0905. The number of ether oxygens (including phenoxy) is 2. The van der Waals surface area contributed by atoms with Crippen molar-refractivity contribution >= 4 is 0 Å². The van der Waals surface area contributed by atoms with Crippen LogP contribution < -0.4 is 0 Å². The molecule has 2 saturated heterocycles. The van der Waals surface area contributed by atoms with Gasteiger partial charge in [0, 0.05) is 8.64 Å². The van der Waals surface area contributed by atoms with Crippen LogP contribution in [0.4, 0.5) is 0 Å². The first-order valence-corrected chi connectivity index (χ1v) is 3.19. The average molecular weight is 131 g/mol. The van der Waals surface area contributed by atoms with Crippen LogP contribution in [0.2, 0.25) is 0 Å². The summed E-state index contributed by atoms with van der Waals surface area (Å²) in [6.45, 7) is 2.09. The molecule has 52 valence electrons. The van der Waals surface area contributed by atoms with Gasteiger partial charge in [0.25, 0.3) is 0 Å². The summed E-state index contributed by atoms with van der Waals surface area (Å²) in [5.74, 6) is -2.24. The van der Waals surface area contributed by atoms with E-state index >= 15 is 0 Å². The Kier molecular flexibility index (Phi) is 0.729. The normalized spacial score (nSPS) is 79.0. The first-order chi connectivity index (χ1) is 5.41. The smallest absolute Gasteiger partial charge is 0.160 e. The van der Waals surface area contributed by atoms with Gasteiger partial charge in [-0.1, -0.05) is 6.92 Å². The predicted molar refractivity (Wildman–Crippen MR) is 33.0 cm³/mol. The van der Waals surface area contributed by atoms with Gasteiger partial charge in [-0.3, -0.25) is 0 Å². The van der Waals surface area contributed by atoms with E-state index < -0.39 is 18.1 Å². The van der Waals surface area contributed by atoms with Crippen molar-refractivity contribution in [2.24, 2.45) is 11.8 Å². The molecule has 9 heavy (non-hydrogen) atoms. The Morgan fingerprint density at radius 2 is 2.44 bits per heavy atom. The van der Waals surface area contributed by atoms with E-state index in [1.54, 1.807) is 6.92 Å². The van der Waals surface area contributed by atoms with Crippen molar-refractivity contribution in [3.05, 3.63) is 0 Å². The van der Waals surface area contributed by atoms with Crippen molar-refractivity contribution in [2.45, 2.75) is 19.6 Å². The molecule has 2 nitrogen and oxygen atoms in total. The maximum atomic E-state index is 7.97. The van der Waals surface area contributed by atoms with Crippen LogP contribution in [0, 0.1) is 11.8 Å². The van der Waals surface area contributed by atoms with Gasteiger partial charge in [-0.2, -0.15) is 0 Å². The Bertz CT molecular complexity index is 221. The molecule has 2 rings (SSSR count). The SMILES string of the molecule is [2H][C@]12OCC[C@@]1([2H])[C@@]([2H])(C)CO2. The van der Waals surface area contributed by atoms with E-state index in [1.807, 2.05) is 0 Å². The van der Waals surface area contributed by atoms with Crippen LogP contribution in [0.3, 0.4) is 0 Å². The number of hydrogen-bond acceptors (Lipinski definition) is 2.